The van der Waals surface area contributed by atoms with Crippen molar-refractivity contribution >= 4 is 41.2 Å². The maximum absolute atomic E-state index is 14.7. The number of nitrogens with one attached hydrogen (secondary N) is 4. The fourth-order valence-corrected chi connectivity index (χ4v) is 5.33. The lowest BCUT2D eigenvalue weighted by atomic mass is 9.93. The second-order valence-electron chi connectivity index (χ2n) is 9.61. The lowest BCUT2D eigenvalue weighted by Gasteiger charge is -2.26. The van der Waals surface area contributed by atoms with E-state index < -0.39 is 6.04 Å². The Morgan fingerprint density at radius 1 is 1.16 bits per heavy atom. The quantitative estimate of drug-likeness (QED) is 0.356. The van der Waals surface area contributed by atoms with Gasteiger partial charge in [0.1, 0.15) is 17.7 Å². The number of hydrogen-bond acceptors (Lipinski definition) is 6. The summed E-state index contributed by atoms with van der Waals surface area (Å²) in [5.74, 6) is 0.0933. The van der Waals surface area contributed by atoms with E-state index >= 15 is 0 Å². The van der Waals surface area contributed by atoms with E-state index in [9.17, 15) is 14.0 Å². The van der Waals surface area contributed by atoms with Crippen molar-refractivity contribution in [3.63, 3.8) is 0 Å². The zero-order valence-corrected chi connectivity index (χ0v) is 21.5. The number of likely N-dealkylation sites (tertiary alicyclic amines) is 1. The number of benzene rings is 1. The van der Waals surface area contributed by atoms with Crippen molar-refractivity contribution in [2.45, 2.75) is 50.6 Å². The third-order valence-corrected chi connectivity index (χ3v) is 7.48. The molecular weight excluding hydrogens is 493 g/mol. The Labute approximate surface area is 220 Å². The first kappa shape index (κ1) is 25.1. The molecule has 9 nitrogen and oxygen atoms in total. The summed E-state index contributed by atoms with van der Waals surface area (Å²) in [7, 11) is 1.73. The molecule has 0 saturated carbocycles. The lowest BCUT2D eigenvalue weighted by Crippen LogP contribution is -2.48. The van der Waals surface area contributed by atoms with Crippen LogP contribution in [0.15, 0.2) is 51.1 Å². The Morgan fingerprint density at radius 2 is 2.03 bits per heavy atom. The van der Waals surface area contributed by atoms with Gasteiger partial charge in [-0.25, -0.2) is 9.38 Å². The summed E-state index contributed by atoms with van der Waals surface area (Å²) in [6, 6.07) is 4.37. The Morgan fingerprint density at radius 3 is 2.78 bits per heavy atom. The van der Waals surface area contributed by atoms with E-state index in [4.69, 9.17) is 12.2 Å². The molecule has 4 aliphatic rings. The third kappa shape index (κ3) is 5.41. The molecule has 4 N–H and O–H groups in total. The van der Waals surface area contributed by atoms with E-state index in [-0.39, 0.29) is 23.7 Å². The number of hydrogen-bond donors (Lipinski definition) is 4. The van der Waals surface area contributed by atoms with Gasteiger partial charge in [0.15, 0.2) is 5.11 Å². The zero-order valence-electron chi connectivity index (χ0n) is 20.6. The molecule has 1 aliphatic carbocycles. The van der Waals surface area contributed by atoms with E-state index in [0.29, 0.717) is 54.3 Å². The van der Waals surface area contributed by atoms with Gasteiger partial charge in [0, 0.05) is 44.5 Å². The zero-order chi connectivity index (χ0) is 25.9. The Hall–Kier alpha value is -3.60. The SMILES string of the molecule is CN1CCC(NC(=O)C2=CN=C(NNC(=S)NC3C4=C(CCN=C4)CCc4c(F)cccc43)CC2)C1=O. The number of likely N-dealkylation sites (N-methyl/N-ethyl adjacent to an activating group) is 1. The van der Waals surface area contributed by atoms with Crippen molar-refractivity contribution in [1.29, 1.82) is 0 Å². The second kappa shape index (κ2) is 10.8. The standard InChI is InChI=1S/C26H30FN7O2S/c1-34-12-10-21(25(34)36)30-24(35)16-6-8-22(29-13-16)32-33-26(37)31-23-18-3-2-4-20(27)17(18)7-5-15-9-11-28-14-19(15)23/h2-4,13-14,21,23H,5-12H2,1H3,(H,29,32)(H,30,35)(H2,31,33,37). The molecule has 2 atom stereocenters. The van der Waals surface area contributed by atoms with Gasteiger partial charge in [-0.3, -0.25) is 25.4 Å². The maximum atomic E-state index is 14.7. The topological polar surface area (TPSA) is 110 Å². The molecule has 1 aromatic rings. The predicted molar refractivity (Wildman–Crippen MR) is 143 cm³/mol. The van der Waals surface area contributed by atoms with Crippen molar-refractivity contribution in [1.82, 2.24) is 26.4 Å². The largest absolute Gasteiger partial charge is 0.350 e. The third-order valence-electron chi connectivity index (χ3n) is 7.26. The van der Waals surface area contributed by atoms with E-state index in [0.717, 1.165) is 30.5 Å². The number of halogens is 1. The molecule has 1 fully saturated rings. The molecule has 0 radical (unpaired) electrons. The van der Waals surface area contributed by atoms with Gasteiger partial charge in [0.05, 0.1) is 6.04 Å². The fraction of sp³-hybridized carbons (Fsp3) is 0.423. The van der Waals surface area contributed by atoms with Crippen LogP contribution in [0.25, 0.3) is 0 Å². The van der Waals surface area contributed by atoms with Crippen LogP contribution in [0.1, 0.15) is 49.3 Å². The molecule has 11 heteroatoms. The summed E-state index contributed by atoms with van der Waals surface area (Å²) < 4.78 is 14.7. The van der Waals surface area contributed by atoms with Crippen LogP contribution in [0.4, 0.5) is 4.39 Å². The molecule has 3 aliphatic heterocycles. The van der Waals surface area contributed by atoms with E-state index in [2.05, 4.69) is 31.5 Å². The first-order chi connectivity index (χ1) is 17.9. The number of thiocarbonyl (C=S) groups is 1. The van der Waals surface area contributed by atoms with Gasteiger partial charge in [0.2, 0.25) is 11.8 Å². The van der Waals surface area contributed by atoms with Crippen molar-refractivity contribution in [3.8, 4) is 0 Å². The van der Waals surface area contributed by atoms with Gasteiger partial charge >= 0.3 is 0 Å². The smallest absolute Gasteiger partial charge is 0.249 e. The van der Waals surface area contributed by atoms with E-state index in [1.165, 1.54) is 17.8 Å². The highest BCUT2D eigenvalue weighted by molar-refractivity contribution is 7.80. The van der Waals surface area contributed by atoms with E-state index in [1.54, 1.807) is 18.0 Å². The minimum Gasteiger partial charge on any atom is -0.350 e. The minimum atomic E-state index is -0.473. The van der Waals surface area contributed by atoms with Gasteiger partial charge in [-0.15, -0.1) is 0 Å². The number of fused-ring (bicyclic) bond motifs is 1. The number of amides is 2. The van der Waals surface area contributed by atoms with Crippen molar-refractivity contribution in [2.24, 2.45) is 9.98 Å². The molecule has 2 unspecified atom stereocenters. The molecule has 1 aromatic carbocycles. The minimum absolute atomic E-state index is 0.0674. The first-order valence-electron chi connectivity index (χ1n) is 12.5. The highest BCUT2D eigenvalue weighted by Gasteiger charge is 2.31. The lowest BCUT2D eigenvalue weighted by molar-refractivity contribution is -0.130. The average Bonchev–Trinajstić information content (AvgIpc) is 3.13. The Kier molecular flexibility index (Phi) is 7.31. The van der Waals surface area contributed by atoms with Crippen LogP contribution >= 0.6 is 12.2 Å². The van der Waals surface area contributed by atoms with Crippen LogP contribution in [0.3, 0.4) is 0 Å². The molecule has 2 amide bonds. The van der Waals surface area contributed by atoms with E-state index in [1.807, 2.05) is 12.3 Å². The Bertz CT molecular complexity index is 1260. The molecule has 3 heterocycles. The maximum Gasteiger partial charge on any atom is 0.249 e. The summed E-state index contributed by atoms with van der Waals surface area (Å²) >= 11 is 5.55. The van der Waals surface area contributed by atoms with Crippen molar-refractivity contribution < 1.29 is 14.0 Å². The van der Waals surface area contributed by atoms with Crippen LogP contribution in [0, 0.1) is 5.82 Å². The van der Waals surface area contributed by atoms with Crippen molar-refractivity contribution in [2.75, 3.05) is 20.1 Å². The highest BCUT2D eigenvalue weighted by Crippen LogP contribution is 2.36. The van der Waals surface area contributed by atoms with Gasteiger partial charge in [-0.2, -0.15) is 0 Å². The van der Waals surface area contributed by atoms with Gasteiger partial charge in [-0.05, 0) is 67.1 Å². The summed E-state index contributed by atoms with van der Waals surface area (Å²) in [5, 5.41) is 6.47. The monoisotopic (exact) mass is 523 g/mol. The molecule has 5 rings (SSSR count). The summed E-state index contributed by atoms with van der Waals surface area (Å²) in [6.07, 6.45) is 7.32. The Balaban J connectivity index is 1.21. The number of hydrazine groups is 1. The fourth-order valence-electron chi connectivity index (χ4n) is 5.16. The second-order valence-corrected chi connectivity index (χ2v) is 10.0. The molecule has 194 valence electrons. The van der Waals surface area contributed by atoms with Crippen LogP contribution < -0.4 is 21.5 Å². The number of rotatable bonds is 3. The highest BCUT2D eigenvalue weighted by atomic mass is 32.1. The first-order valence-corrected chi connectivity index (χ1v) is 12.9. The van der Waals surface area contributed by atoms with Crippen LogP contribution in [-0.4, -0.2) is 60.1 Å². The average molecular weight is 524 g/mol. The summed E-state index contributed by atoms with van der Waals surface area (Å²) in [5.41, 5.74) is 10.4. The summed E-state index contributed by atoms with van der Waals surface area (Å²) in [4.78, 5) is 35.0. The number of carbonyl (C=O) groups is 2. The predicted octanol–water partition coefficient (Wildman–Crippen LogP) is 1.98. The normalized spacial score (nSPS) is 22.9. The molecular formula is C26H30FN7O2S. The number of aliphatic imine (C=N–C) groups is 2. The number of dihydropyridines is 1. The molecule has 37 heavy (non-hydrogen) atoms. The summed E-state index contributed by atoms with van der Waals surface area (Å²) in [6.45, 7) is 1.39. The van der Waals surface area contributed by atoms with Gasteiger partial charge in [0.25, 0.3) is 0 Å². The van der Waals surface area contributed by atoms with Crippen LogP contribution in [0.5, 0.6) is 0 Å². The van der Waals surface area contributed by atoms with Crippen LogP contribution in [-0.2, 0) is 16.0 Å². The molecule has 0 spiro atoms. The number of amidine groups is 1. The number of carbonyl (C=O) groups excluding carboxylic acids is 2. The molecule has 0 aromatic heterocycles. The molecule has 0 bridgehead atoms. The van der Waals surface area contributed by atoms with Crippen LogP contribution in [0.2, 0.25) is 0 Å². The van der Waals surface area contributed by atoms with Crippen molar-refractivity contribution in [3.05, 3.63) is 58.1 Å². The van der Waals surface area contributed by atoms with Gasteiger partial charge < -0.3 is 15.5 Å². The number of nitrogens with zero attached hydrogens (tertiary/aromatic N) is 3. The van der Waals surface area contributed by atoms with Gasteiger partial charge in [-0.1, -0.05) is 17.7 Å². The molecule has 1 saturated heterocycles.